The number of fused-ring (bicyclic) bond motifs is 1. The molecule has 13 heteroatoms. The summed E-state index contributed by atoms with van der Waals surface area (Å²) in [6, 6.07) is 0. The predicted octanol–water partition coefficient (Wildman–Crippen LogP) is -0.738. The summed E-state index contributed by atoms with van der Waals surface area (Å²) in [6.45, 7) is 3.43. The zero-order valence-electron chi connectivity index (χ0n) is 18.1. The van der Waals surface area contributed by atoms with E-state index in [0.717, 1.165) is 28.9 Å². The Labute approximate surface area is 186 Å². The molecule has 4 rings (SSSR count). The highest BCUT2D eigenvalue weighted by molar-refractivity contribution is 7.07. The molecule has 0 saturated carbocycles. The van der Waals surface area contributed by atoms with Crippen LogP contribution in [0, 0.1) is 12.8 Å². The first-order valence-electron chi connectivity index (χ1n) is 10.2. The molecule has 0 aromatic carbocycles. The number of rotatable bonds is 5. The number of nitrogens with one attached hydrogen (secondary N) is 1. The lowest BCUT2D eigenvalue weighted by atomic mass is 9.96. The van der Waals surface area contributed by atoms with Crippen LogP contribution in [0.4, 0.5) is 0 Å². The van der Waals surface area contributed by atoms with Crippen LogP contribution in [0.15, 0.2) is 15.9 Å². The summed E-state index contributed by atoms with van der Waals surface area (Å²) in [7, 11) is 2.93. The molecule has 2 amide bonds. The zero-order chi connectivity index (χ0) is 23.0. The minimum Gasteiger partial charge on any atom is -0.354 e. The molecule has 3 aromatic rings. The number of piperidine rings is 1. The molecule has 32 heavy (non-hydrogen) atoms. The Bertz CT molecular complexity index is 1290. The Hall–Kier alpha value is -3.35. The topological polar surface area (TPSA) is 137 Å². The van der Waals surface area contributed by atoms with Gasteiger partial charge in [0, 0.05) is 33.7 Å². The number of hydrogen-bond acceptors (Lipinski definition) is 8. The van der Waals surface area contributed by atoms with E-state index in [9.17, 15) is 19.2 Å². The molecule has 1 aliphatic heterocycles. The average molecular weight is 461 g/mol. The van der Waals surface area contributed by atoms with Crippen LogP contribution in [-0.2, 0) is 25.4 Å². The van der Waals surface area contributed by atoms with Gasteiger partial charge in [-0.2, -0.15) is 0 Å². The van der Waals surface area contributed by atoms with Crippen LogP contribution in [-0.4, -0.2) is 64.6 Å². The smallest absolute Gasteiger partial charge is 0.332 e. The lowest BCUT2D eigenvalue weighted by Gasteiger charge is -2.31. The van der Waals surface area contributed by atoms with Crippen LogP contribution in [0.25, 0.3) is 11.2 Å². The second-order valence-electron chi connectivity index (χ2n) is 7.98. The molecule has 0 atom stereocenters. The molecule has 4 heterocycles. The lowest BCUT2D eigenvalue weighted by Crippen LogP contribution is -2.42. The lowest BCUT2D eigenvalue weighted by molar-refractivity contribution is -0.121. The van der Waals surface area contributed by atoms with Crippen LogP contribution < -0.4 is 16.6 Å². The maximum Gasteiger partial charge on any atom is 0.332 e. The number of aromatic nitrogens is 6. The molecule has 12 nitrogen and oxygen atoms in total. The molecular formula is C19H24N8O4S. The molecular weight excluding hydrogens is 436 g/mol. The molecule has 0 unspecified atom stereocenters. The van der Waals surface area contributed by atoms with E-state index in [0.29, 0.717) is 30.2 Å². The quantitative estimate of drug-likeness (QED) is 0.529. The molecule has 170 valence electrons. The van der Waals surface area contributed by atoms with Gasteiger partial charge in [0.25, 0.3) is 11.5 Å². The Morgan fingerprint density at radius 3 is 2.56 bits per heavy atom. The minimum atomic E-state index is -0.489. The third-order valence-corrected chi connectivity index (χ3v) is 6.68. The van der Waals surface area contributed by atoms with Crippen LogP contribution in [0.1, 0.15) is 28.2 Å². The Morgan fingerprint density at radius 1 is 1.19 bits per heavy atom. The van der Waals surface area contributed by atoms with Crippen molar-refractivity contribution in [2.45, 2.75) is 26.3 Å². The molecule has 1 saturated heterocycles. The molecule has 0 aliphatic carbocycles. The van der Waals surface area contributed by atoms with Crippen LogP contribution >= 0.6 is 11.5 Å². The first kappa shape index (κ1) is 21.9. The Morgan fingerprint density at radius 2 is 1.91 bits per heavy atom. The van der Waals surface area contributed by atoms with Crippen molar-refractivity contribution in [2.75, 3.05) is 19.6 Å². The normalized spacial score (nSPS) is 14.8. The Balaban J connectivity index is 1.33. The van der Waals surface area contributed by atoms with Gasteiger partial charge in [-0.25, -0.2) is 9.78 Å². The fraction of sp³-hybridized carbons (Fsp3) is 0.526. The SMILES string of the molecule is Cc1nnsc1C(=O)N1CCC(CNC(=O)Cn2cnc3c2c(=O)n(C)c(=O)n3C)CC1. The fourth-order valence-corrected chi connectivity index (χ4v) is 4.52. The maximum absolute atomic E-state index is 12.6. The molecule has 0 spiro atoms. The molecule has 1 N–H and O–H groups in total. The van der Waals surface area contributed by atoms with E-state index in [1.165, 1.54) is 29.6 Å². The number of carbonyl (C=O) groups is 2. The summed E-state index contributed by atoms with van der Waals surface area (Å²) in [5.41, 5.74) is 0.149. The van der Waals surface area contributed by atoms with Gasteiger partial charge in [-0.05, 0) is 37.2 Å². The standard InChI is InChI=1S/C19H24N8O4S/c1-11-15(32-23-22-11)18(30)26-6-4-12(5-7-26)8-20-13(28)9-27-10-21-16-14(27)17(29)25(3)19(31)24(16)2/h10,12H,4-9H2,1-3H3,(H,20,28). The zero-order valence-corrected chi connectivity index (χ0v) is 18.9. The van der Waals surface area contributed by atoms with E-state index in [1.807, 2.05) is 0 Å². The minimum absolute atomic E-state index is 0.0389. The number of carbonyl (C=O) groups excluding carboxylic acids is 2. The fourth-order valence-electron chi connectivity index (χ4n) is 3.90. The molecule has 0 radical (unpaired) electrons. The predicted molar refractivity (Wildman–Crippen MR) is 116 cm³/mol. The number of imidazole rings is 1. The Kier molecular flexibility index (Phi) is 5.91. The van der Waals surface area contributed by atoms with E-state index in [1.54, 1.807) is 11.8 Å². The molecule has 3 aromatic heterocycles. The highest BCUT2D eigenvalue weighted by atomic mass is 32.1. The van der Waals surface area contributed by atoms with Gasteiger partial charge in [-0.1, -0.05) is 4.49 Å². The average Bonchev–Trinajstić information content (AvgIpc) is 3.41. The highest BCUT2D eigenvalue weighted by Crippen LogP contribution is 2.20. The van der Waals surface area contributed by atoms with Crippen LogP contribution in [0.5, 0.6) is 0 Å². The molecule has 1 fully saturated rings. The number of nitrogens with zero attached hydrogens (tertiary/aromatic N) is 7. The van der Waals surface area contributed by atoms with Crippen molar-refractivity contribution < 1.29 is 9.59 Å². The summed E-state index contributed by atoms with van der Waals surface area (Å²) >= 11 is 1.11. The number of hydrogen-bond donors (Lipinski definition) is 1. The van der Waals surface area contributed by atoms with Crippen molar-refractivity contribution in [2.24, 2.45) is 20.0 Å². The van der Waals surface area contributed by atoms with Gasteiger partial charge < -0.3 is 14.8 Å². The van der Waals surface area contributed by atoms with E-state index in [4.69, 9.17) is 0 Å². The van der Waals surface area contributed by atoms with E-state index >= 15 is 0 Å². The number of aryl methyl sites for hydroxylation is 2. The largest absolute Gasteiger partial charge is 0.354 e. The van der Waals surface area contributed by atoms with Crippen molar-refractivity contribution in [3.8, 4) is 0 Å². The molecule has 0 bridgehead atoms. The van der Waals surface area contributed by atoms with Crippen LogP contribution in [0.3, 0.4) is 0 Å². The summed E-state index contributed by atoms with van der Waals surface area (Å²) in [5.74, 6) is -0.0232. The van der Waals surface area contributed by atoms with Crippen molar-refractivity contribution in [3.63, 3.8) is 0 Å². The van der Waals surface area contributed by atoms with E-state index in [-0.39, 0.29) is 35.4 Å². The van der Waals surface area contributed by atoms with Crippen molar-refractivity contribution in [1.82, 2.24) is 38.5 Å². The van der Waals surface area contributed by atoms with Crippen LogP contribution in [0.2, 0.25) is 0 Å². The summed E-state index contributed by atoms with van der Waals surface area (Å²) < 4.78 is 7.56. The highest BCUT2D eigenvalue weighted by Gasteiger charge is 2.26. The summed E-state index contributed by atoms with van der Waals surface area (Å²) in [5, 5.41) is 6.80. The monoisotopic (exact) mass is 460 g/mol. The van der Waals surface area contributed by atoms with E-state index in [2.05, 4.69) is 19.9 Å². The van der Waals surface area contributed by atoms with Gasteiger partial charge >= 0.3 is 5.69 Å². The van der Waals surface area contributed by atoms with Gasteiger partial charge in [0.1, 0.15) is 11.4 Å². The van der Waals surface area contributed by atoms with Gasteiger partial charge in [0.2, 0.25) is 5.91 Å². The number of amides is 2. The number of likely N-dealkylation sites (tertiary alicyclic amines) is 1. The third kappa shape index (κ3) is 3.95. The maximum atomic E-state index is 12.6. The van der Waals surface area contributed by atoms with Crippen molar-refractivity contribution in [1.29, 1.82) is 0 Å². The molecule has 1 aliphatic rings. The van der Waals surface area contributed by atoms with Crippen molar-refractivity contribution >= 4 is 34.5 Å². The first-order chi connectivity index (χ1) is 15.3. The van der Waals surface area contributed by atoms with Crippen molar-refractivity contribution in [3.05, 3.63) is 37.7 Å². The summed E-state index contributed by atoms with van der Waals surface area (Å²) in [6.07, 6.45) is 2.97. The van der Waals surface area contributed by atoms with Gasteiger partial charge in [0.15, 0.2) is 11.2 Å². The van der Waals surface area contributed by atoms with E-state index < -0.39 is 11.2 Å². The van der Waals surface area contributed by atoms with Gasteiger partial charge in [-0.15, -0.1) is 5.10 Å². The van der Waals surface area contributed by atoms with Gasteiger partial charge in [-0.3, -0.25) is 23.5 Å². The second-order valence-corrected chi connectivity index (χ2v) is 8.73. The first-order valence-corrected chi connectivity index (χ1v) is 11.0. The second kappa shape index (κ2) is 8.65. The van der Waals surface area contributed by atoms with Gasteiger partial charge in [0.05, 0.1) is 12.0 Å². The summed E-state index contributed by atoms with van der Waals surface area (Å²) in [4.78, 5) is 56.1. The third-order valence-electron chi connectivity index (χ3n) is 5.87.